The Hall–Kier alpha value is 1.33. The Morgan fingerprint density at radius 2 is 1.67 bits per heavy atom. The summed E-state index contributed by atoms with van der Waals surface area (Å²) in [5, 5.41) is 0. The lowest BCUT2D eigenvalue weighted by molar-refractivity contribution is 0.277. The van der Waals surface area contributed by atoms with Gasteiger partial charge in [0.05, 0.1) is 0 Å². The molecule has 6 heavy (non-hydrogen) atoms. The zero-order valence-electron chi connectivity index (χ0n) is 2.48. The topological polar surface area (TPSA) is 17.1 Å². The first-order valence-corrected chi connectivity index (χ1v) is 6.24. The van der Waals surface area contributed by atoms with Crippen molar-refractivity contribution in [2.24, 2.45) is 0 Å². The second kappa shape index (κ2) is 4.49. The summed E-state index contributed by atoms with van der Waals surface area (Å²) in [7, 11) is 2.03. The van der Waals surface area contributed by atoms with Crippen LogP contribution in [0, 0.1) is 0 Å². The molecule has 0 aliphatic heterocycles. The van der Waals surface area contributed by atoms with Gasteiger partial charge in [0, 0.05) is 20.4 Å². The van der Waals surface area contributed by atoms with Crippen LogP contribution in [0.1, 0.15) is 0 Å². The van der Waals surface area contributed by atoms with Gasteiger partial charge in [-0.2, -0.15) is 0 Å². The Balaban J connectivity index is 2.99. The molecular weight excluding hydrogens is 252 g/mol. The molecule has 0 amide bonds. The van der Waals surface area contributed by atoms with Crippen LogP contribution in [0.3, 0.4) is 0 Å². The van der Waals surface area contributed by atoms with Crippen molar-refractivity contribution in [3.63, 3.8) is 0 Å². The normalized spacial score (nSPS) is 8.33. The average molecular weight is 252 g/mol. The van der Waals surface area contributed by atoms with Gasteiger partial charge in [0.1, 0.15) is 0 Å². The Bertz CT molecular complexity index is 49.5. The van der Waals surface area contributed by atoms with Gasteiger partial charge in [-0.1, -0.05) is 0 Å². The van der Waals surface area contributed by atoms with E-state index in [0.29, 0.717) is 0 Å². The van der Waals surface area contributed by atoms with Crippen molar-refractivity contribution in [2.75, 3.05) is 0 Å². The third-order valence-corrected chi connectivity index (χ3v) is 3.93. The third kappa shape index (κ3) is 3.52. The summed E-state index contributed by atoms with van der Waals surface area (Å²) in [5.41, 5.74) is 0. The van der Waals surface area contributed by atoms with Crippen molar-refractivity contribution >= 4 is 54.5 Å². The maximum Gasteiger partial charge on any atom is 0.268 e. The molecule has 0 aliphatic rings. The molecule has 1 nitrogen and oxygen atoms in total. The number of hydrogen-bond acceptors (Lipinski definition) is 3. The summed E-state index contributed by atoms with van der Waals surface area (Å²) in [6.45, 7) is 0. The molecule has 0 spiro atoms. The number of halogens is 2. The minimum absolute atomic E-state index is 0.00926. The van der Waals surface area contributed by atoms with Crippen LogP contribution in [0.25, 0.3) is 0 Å². The van der Waals surface area contributed by atoms with Crippen molar-refractivity contribution < 1.29 is 4.79 Å². The third-order valence-electron chi connectivity index (χ3n) is 0.126. The maximum atomic E-state index is 10.0. The fourth-order valence-corrected chi connectivity index (χ4v) is 2.89. The molecule has 0 saturated carbocycles. The molecule has 0 rings (SSSR count). The lowest BCUT2D eigenvalue weighted by Gasteiger charge is -1.75. The van der Waals surface area contributed by atoms with Crippen molar-refractivity contribution in [1.29, 1.82) is 0 Å². The predicted molar refractivity (Wildman–Crippen MR) is 38.4 cm³/mol. The Labute approximate surface area is 59.0 Å². The average Bonchev–Trinajstić information content (AvgIpc) is 1.65. The van der Waals surface area contributed by atoms with E-state index in [1.54, 1.807) is 0 Å². The van der Waals surface area contributed by atoms with E-state index < -0.39 is 0 Å². The first-order chi connectivity index (χ1) is 2.81. The minimum atomic E-state index is 0.00926. The van der Waals surface area contributed by atoms with Crippen molar-refractivity contribution in [3.8, 4) is 0 Å². The molecule has 0 bridgehead atoms. The minimum Gasteiger partial charge on any atom is -0.273 e. The van der Waals surface area contributed by atoms with Gasteiger partial charge in [0.2, 0.25) is 0 Å². The summed E-state index contributed by atoms with van der Waals surface area (Å²) in [6, 6.07) is 0. The van der Waals surface area contributed by atoms with Crippen LogP contribution in [0.4, 0.5) is 4.79 Å². The van der Waals surface area contributed by atoms with E-state index in [1.807, 2.05) is 0 Å². The van der Waals surface area contributed by atoms with Crippen LogP contribution in [-0.2, 0) is 0 Å². The largest absolute Gasteiger partial charge is 0.273 e. The predicted octanol–water partition coefficient (Wildman–Crippen LogP) is 3.19. The first-order valence-electron chi connectivity index (χ1n) is 0.921. The molecule has 5 heteroatoms. The van der Waals surface area contributed by atoms with Crippen LogP contribution < -0.4 is 0 Å². The molecule has 36 valence electrons. The zero-order chi connectivity index (χ0) is 4.99. The van der Waals surface area contributed by atoms with Gasteiger partial charge in [-0.3, -0.25) is 4.79 Å². The van der Waals surface area contributed by atoms with Crippen LogP contribution in [0.15, 0.2) is 0 Å². The van der Waals surface area contributed by atoms with E-state index in [4.69, 9.17) is 0 Å². The Kier molecular flexibility index (Phi) is 5.48. The van der Waals surface area contributed by atoms with E-state index in [9.17, 15) is 4.79 Å². The highest BCUT2D eigenvalue weighted by Crippen LogP contribution is 2.25. The smallest absolute Gasteiger partial charge is 0.268 e. The van der Waals surface area contributed by atoms with Crippen molar-refractivity contribution in [3.05, 3.63) is 0 Å². The summed E-state index contributed by atoms with van der Waals surface area (Å²) < 4.78 is 0.00926. The van der Waals surface area contributed by atoms with E-state index in [1.165, 1.54) is 0 Å². The SMILES string of the molecule is O=C(SBr)SBr. The van der Waals surface area contributed by atoms with Gasteiger partial charge in [-0.25, -0.2) is 0 Å². The van der Waals surface area contributed by atoms with Gasteiger partial charge in [0.25, 0.3) is 4.45 Å². The molecule has 0 heterocycles. The molecule has 0 aromatic carbocycles. The summed E-state index contributed by atoms with van der Waals surface area (Å²) in [4.78, 5) is 10.0. The fourth-order valence-electron chi connectivity index (χ4n) is 0.0119. The summed E-state index contributed by atoms with van der Waals surface area (Å²) in [6.07, 6.45) is 0. The number of rotatable bonds is 0. The molecule has 0 saturated heterocycles. The molecule has 0 aromatic rings. The first kappa shape index (κ1) is 7.33. The maximum absolute atomic E-state index is 10.0. The van der Waals surface area contributed by atoms with Crippen LogP contribution in [0.2, 0.25) is 0 Å². The number of carbonyl (C=O) groups excluding carboxylic acids is 1. The van der Waals surface area contributed by atoms with Gasteiger partial charge in [0.15, 0.2) is 0 Å². The molecule has 0 atom stereocenters. The van der Waals surface area contributed by atoms with Crippen LogP contribution in [0.5, 0.6) is 0 Å². The molecule has 0 aromatic heterocycles. The van der Waals surface area contributed by atoms with E-state index in [-0.39, 0.29) is 4.45 Å². The Morgan fingerprint density at radius 1 is 1.33 bits per heavy atom. The lowest BCUT2D eigenvalue weighted by Crippen LogP contribution is -1.60. The van der Waals surface area contributed by atoms with Crippen LogP contribution in [-0.4, -0.2) is 4.45 Å². The van der Waals surface area contributed by atoms with Crippen molar-refractivity contribution in [1.82, 2.24) is 0 Å². The highest BCUT2D eigenvalue weighted by atomic mass is 79.9. The van der Waals surface area contributed by atoms with Gasteiger partial charge in [-0.05, 0) is 29.6 Å². The van der Waals surface area contributed by atoms with Gasteiger partial charge < -0.3 is 0 Å². The molecule has 0 radical (unpaired) electrons. The van der Waals surface area contributed by atoms with E-state index >= 15 is 0 Å². The Morgan fingerprint density at radius 3 is 1.67 bits per heavy atom. The second-order valence-electron chi connectivity index (χ2n) is 0.404. The standard InChI is InChI=1S/CBr2OS2/c2-5-1(4)6-3. The summed E-state index contributed by atoms with van der Waals surface area (Å²) in [5.74, 6) is 0. The molecule has 0 fully saturated rings. The monoisotopic (exact) mass is 250 g/mol. The fraction of sp³-hybridized carbons (Fsp3) is 0. The lowest BCUT2D eigenvalue weighted by atomic mass is 11.8. The molecular formula is CBr2OS2. The highest BCUT2D eigenvalue weighted by Gasteiger charge is 1.93. The zero-order valence-corrected chi connectivity index (χ0v) is 7.29. The molecule has 0 aliphatic carbocycles. The quantitative estimate of drug-likeness (QED) is 0.658. The van der Waals surface area contributed by atoms with E-state index in [0.717, 1.165) is 20.4 Å². The molecule has 0 unspecified atom stereocenters. The highest BCUT2D eigenvalue weighted by molar-refractivity contribution is 9.58. The molecule has 0 N–H and O–H groups in total. The van der Waals surface area contributed by atoms with Crippen molar-refractivity contribution in [2.45, 2.75) is 0 Å². The number of carbonyl (C=O) groups is 1. The van der Waals surface area contributed by atoms with Crippen LogP contribution >= 0.6 is 50.0 Å². The van der Waals surface area contributed by atoms with Gasteiger partial charge >= 0.3 is 0 Å². The van der Waals surface area contributed by atoms with Gasteiger partial charge in [-0.15, -0.1) is 0 Å². The van der Waals surface area contributed by atoms with E-state index in [2.05, 4.69) is 29.6 Å². The second-order valence-corrected chi connectivity index (χ2v) is 3.66. The number of hydrogen-bond donors (Lipinski definition) is 0. The summed E-state index contributed by atoms with van der Waals surface area (Å²) >= 11 is 5.78.